The highest BCUT2D eigenvalue weighted by molar-refractivity contribution is 7.99. The molecule has 1 amide bonds. The molecule has 0 aliphatic carbocycles. The van der Waals surface area contributed by atoms with Crippen molar-refractivity contribution in [3.05, 3.63) is 47.0 Å². The predicted octanol–water partition coefficient (Wildman–Crippen LogP) is 5.99. The van der Waals surface area contributed by atoms with Crippen molar-refractivity contribution in [1.29, 1.82) is 0 Å². The highest BCUT2D eigenvalue weighted by Crippen LogP contribution is 2.14. The van der Waals surface area contributed by atoms with Crippen LogP contribution in [-0.4, -0.2) is 34.9 Å². The summed E-state index contributed by atoms with van der Waals surface area (Å²) in [5.41, 5.74) is 1.25. The van der Waals surface area contributed by atoms with Crippen LogP contribution < -0.4 is 0 Å². The van der Waals surface area contributed by atoms with Gasteiger partial charge in [0.2, 0.25) is 5.91 Å². The second-order valence-corrected chi connectivity index (χ2v) is 7.91. The molecular weight excluding hydrogens is 350 g/mol. The van der Waals surface area contributed by atoms with Crippen LogP contribution in [0.5, 0.6) is 0 Å². The summed E-state index contributed by atoms with van der Waals surface area (Å²) in [7, 11) is 0. The van der Waals surface area contributed by atoms with Crippen LogP contribution in [0.1, 0.15) is 52.0 Å². The van der Waals surface area contributed by atoms with Gasteiger partial charge < -0.3 is 4.90 Å². The van der Waals surface area contributed by atoms with E-state index in [1.54, 1.807) is 6.92 Å². The number of halogens is 1. The molecule has 0 radical (unpaired) electrons. The lowest BCUT2D eigenvalue weighted by atomic mass is 10.1. The second-order valence-electron chi connectivity index (χ2n) is 6.25. The molecule has 25 heavy (non-hydrogen) atoms. The molecule has 1 aromatic carbocycles. The monoisotopic (exact) mass is 381 g/mol. The average molecular weight is 382 g/mol. The van der Waals surface area contributed by atoms with E-state index in [0.717, 1.165) is 36.6 Å². The first-order valence-electron chi connectivity index (χ1n) is 9.34. The first-order valence-corrected chi connectivity index (χ1v) is 10.9. The number of aryl methyl sites for hydroxylation is 1. The number of benzene rings is 1. The van der Waals surface area contributed by atoms with Crippen molar-refractivity contribution in [3.8, 4) is 0 Å². The van der Waals surface area contributed by atoms with Gasteiger partial charge in [0.1, 0.15) is 0 Å². The van der Waals surface area contributed by atoms with Gasteiger partial charge in [-0.05, 0) is 49.1 Å². The van der Waals surface area contributed by atoms with E-state index in [9.17, 15) is 4.79 Å². The Hall–Kier alpha value is -0.930. The van der Waals surface area contributed by atoms with Gasteiger partial charge in [-0.2, -0.15) is 11.8 Å². The number of carbonyl (C=O) groups is 1. The van der Waals surface area contributed by atoms with Gasteiger partial charge in [-0.25, -0.2) is 0 Å². The summed E-state index contributed by atoms with van der Waals surface area (Å²) in [4.78, 5) is 14.0. The zero-order valence-electron chi connectivity index (χ0n) is 15.8. The van der Waals surface area contributed by atoms with Crippen LogP contribution in [0, 0.1) is 0 Å². The molecule has 1 unspecified atom stereocenters. The van der Waals surface area contributed by atoms with Gasteiger partial charge in [-0.15, -0.1) is 0 Å². The second kappa shape index (κ2) is 13.3. The zero-order chi connectivity index (χ0) is 18.5. The molecule has 0 N–H and O–H groups in total. The van der Waals surface area contributed by atoms with E-state index in [0.29, 0.717) is 0 Å². The van der Waals surface area contributed by atoms with E-state index in [1.807, 2.05) is 34.9 Å². The van der Waals surface area contributed by atoms with E-state index < -0.39 is 0 Å². The van der Waals surface area contributed by atoms with Gasteiger partial charge in [-0.3, -0.25) is 4.79 Å². The van der Waals surface area contributed by atoms with Crippen molar-refractivity contribution in [2.45, 2.75) is 58.9 Å². The molecule has 0 saturated carbocycles. The molecule has 0 saturated heterocycles. The summed E-state index contributed by atoms with van der Waals surface area (Å²) in [6.07, 6.45) is 9.78. The van der Waals surface area contributed by atoms with Crippen LogP contribution in [0.4, 0.5) is 0 Å². The van der Waals surface area contributed by atoms with E-state index in [-0.39, 0.29) is 11.9 Å². The number of amides is 1. The van der Waals surface area contributed by atoms with Crippen LogP contribution in [0.25, 0.3) is 0 Å². The number of unbranched alkanes of at least 4 members (excludes halogenated alkanes) is 1. The standard InChI is InChI=1S/C21H32ClNOS/c1-4-6-15-25-16-14-23(18(3)24)21(5-2)13-8-7-10-19-11-9-12-20(22)17-19/h8-9,11-13,17,21H,4-7,10,14-16H2,1-3H3/b13-8+. The van der Waals surface area contributed by atoms with Crippen molar-refractivity contribution in [3.63, 3.8) is 0 Å². The Balaban J connectivity index is 2.47. The van der Waals surface area contributed by atoms with Crippen molar-refractivity contribution < 1.29 is 4.79 Å². The Kier molecular flexibility index (Phi) is 11.8. The van der Waals surface area contributed by atoms with Crippen molar-refractivity contribution in [2.24, 2.45) is 0 Å². The Morgan fingerprint density at radius 1 is 1.32 bits per heavy atom. The highest BCUT2D eigenvalue weighted by Gasteiger charge is 2.16. The van der Waals surface area contributed by atoms with Gasteiger partial charge >= 0.3 is 0 Å². The van der Waals surface area contributed by atoms with E-state index in [1.165, 1.54) is 24.2 Å². The molecule has 0 aliphatic rings. The fraction of sp³-hybridized carbons (Fsp3) is 0.571. The quantitative estimate of drug-likeness (QED) is 0.327. The molecule has 0 heterocycles. The molecular formula is C21H32ClNOS. The summed E-state index contributed by atoms with van der Waals surface area (Å²) in [6, 6.07) is 8.21. The van der Waals surface area contributed by atoms with Crippen LogP contribution >= 0.6 is 23.4 Å². The van der Waals surface area contributed by atoms with Crippen LogP contribution in [0.15, 0.2) is 36.4 Å². The topological polar surface area (TPSA) is 20.3 Å². The molecule has 1 rings (SSSR count). The molecule has 0 spiro atoms. The van der Waals surface area contributed by atoms with Crippen molar-refractivity contribution in [2.75, 3.05) is 18.1 Å². The van der Waals surface area contributed by atoms with Gasteiger partial charge in [0.15, 0.2) is 0 Å². The lowest BCUT2D eigenvalue weighted by Crippen LogP contribution is -2.39. The number of hydrogen-bond acceptors (Lipinski definition) is 2. The molecule has 2 nitrogen and oxygen atoms in total. The summed E-state index contributed by atoms with van der Waals surface area (Å²) < 4.78 is 0. The molecule has 0 aromatic heterocycles. The summed E-state index contributed by atoms with van der Waals surface area (Å²) in [5, 5.41) is 0.788. The Labute approximate surface area is 163 Å². The molecule has 1 aromatic rings. The number of rotatable bonds is 12. The average Bonchev–Trinajstić information content (AvgIpc) is 2.59. The third-order valence-electron chi connectivity index (χ3n) is 4.19. The zero-order valence-corrected chi connectivity index (χ0v) is 17.4. The molecule has 0 fully saturated rings. The van der Waals surface area contributed by atoms with E-state index in [2.05, 4.69) is 32.1 Å². The molecule has 0 bridgehead atoms. The van der Waals surface area contributed by atoms with E-state index in [4.69, 9.17) is 11.6 Å². The molecule has 1 atom stereocenters. The first-order chi connectivity index (χ1) is 12.1. The normalized spacial score (nSPS) is 12.5. The maximum Gasteiger partial charge on any atom is 0.219 e. The van der Waals surface area contributed by atoms with Crippen LogP contribution in [-0.2, 0) is 11.2 Å². The van der Waals surface area contributed by atoms with Gasteiger partial charge in [0.25, 0.3) is 0 Å². The maximum atomic E-state index is 12.0. The maximum absolute atomic E-state index is 12.0. The SMILES string of the molecule is CCCCSCCN(C(C)=O)C(/C=C/CCc1cccc(Cl)c1)CC. The number of hydrogen-bond donors (Lipinski definition) is 0. The van der Waals surface area contributed by atoms with Gasteiger partial charge in [0.05, 0.1) is 0 Å². The number of thioether (sulfide) groups is 1. The summed E-state index contributed by atoms with van der Waals surface area (Å²) >= 11 is 7.97. The summed E-state index contributed by atoms with van der Waals surface area (Å²) in [5.74, 6) is 2.38. The number of nitrogens with zero attached hydrogens (tertiary/aromatic N) is 1. The minimum Gasteiger partial charge on any atom is -0.336 e. The molecule has 0 aliphatic heterocycles. The third-order valence-corrected chi connectivity index (χ3v) is 5.47. The first kappa shape index (κ1) is 22.1. The van der Waals surface area contributed by atoms with Crippen molar-refractivity contribution >= 4 is 29.3 Å². The summed E-state index contributed by atoms with van der Waals surface area (Å²) in [6.45, 7) is 6.87. The molecule has 4 heteroatoms. The Bertz CT molecular complexity index is 532. The van der Waals surface area contributed by atoms with Crippen LogP contribution in [0.2, 0.25) is 5.02 Å². The lowest BCUT2D eigenvalue weighted by molar-refractivity contribution is -0.130. The Morgan fingerprint density at radius 3 is 2.76 bits per heavy atom. The van der Waals surface area contributed by atoms with Gasteiger partial charge in [0, 0.05) is 30.3 Å². The third kappa shape index (κ3) is 9.37. The number of allylic oxidation sites excluding steroid dienone is 1. The van der Waals surface area contributed by atoms with Gasteiger partial charge in [-0.1, -0.05) is 56.2 Å². The largest absolute Gasteiger partial charge is 0.336 e. The minimum atomic E-state index is 0.169. The number of carbonyl (C=O) groups excluding carboxylic acids is 1. The minimum absolute atomic E-state index is 0.169. The Morgan fingerprint density at radius 2 is 2.12 bits per heavy atom. The lowest BCUT2D eigenvalue weighted by Gasteiger charge is -2.28. The predicted molar refractivity (Wildman–Crippen MR) is 113 cm³/mol. The van der Waals surface area contributed by atoms with Crippen molar-refractivity contribution in [1.82, 2.24) is 4.90 Å². The van der Waals surface area contributed by atoms with E-state index >= 15 is 0 Å². The fourth-order valence-corrected chi connectivity index (χ4v) is 3.96. The highest BCUT2D eigenvalue weighted by atomic mass is 35.5. The fourth-order valence-electron chi connectivity index (χ4n) is 2.72. The molecule has 140 valence electrons. The van der Waals surface area contributed by atoms with Crippen LogP contribution in [0.3, 0.4) is 0 Å². The smallest absolute Gasteiger partial charge is 0.219 e.